The fourth-order valence-corrected chi connectivity index (χ4v) is 2.07. The van der Waals surface area contributed by atoms with E-state index in [1.165, 1.54) is 24.3 Å². The van der Waals surface area contributed by atoms with Crippen LogP contribution in [0.3, 0.4) is 0 Å². The maximum atomic E-state index is 3.35. The predicted molar refractivity (Wildman–Crippen MR) is 48.3 cm³/mol. The third-order valence-corrected chi connectivity index (χ3v) is 2.90. The van der Waals surface area contributed by atoms with E-state index in [1.54, 1.807) is 4.91 Å². The highest BCUT2D eigenvalue weighted by atomic mass is 32.2. The Morgan fingerprint density at radius 1 is 1.60 bits per heavy atom. The molecule has 0 bridgehead atoms. The molecule has 2 heteroatoms. The zero-order chi connectivity index (χ0) is 7.40. The molecule has 1 rings (SSSR count). The van der Waals surface area contributed by atoms with Crippen molar-refractivity contribution in [2.75, 3.05) is 18.8 Å². The molecule has 0 fully saturated rings. The lowest BCUT2D eigenvalue weighted by molar-refractivity contribution is 0.696. The van der Waals surface area contributed by atoms with E-state index in [1.807, 2.05) is 11.8 Å². The molecule has 0 saturated heterocycles. The van der Waals surface area contributed by atoms with E-state index in [9.17, 15) is 0 Å². The molecule has 1 nitrogen and oxygen atoms in total. The van der Waals surface area contributed by atoms with Gasteiger partial charge >= 0.3 is 0 Å². The highest BCUT2D eigenvalue weighted by Gasteiger charge is 2.06. The van der Waals surface area contributed by atoms with E-state index >= 15 is 0 Å². The van der Waals surface area contributed by atoms with Gasteiger partial charge in [0.1, 0.15) is 0 Å². The molecule has 10 heavy (non-hydrogen) atoms. The lowest BCUT2D eigenvalue weighted by atomic mass is 10.2. The van der Waals surface area contributed by atoms with Crippen molar-refractivity contribution in [3.63, 3.8) is 0 Å². The first kappa shape index (κ1) is 8.15. The molecule has 58 valence electrons. The number of nitrogens with one attached hydrogen (secondary N) is 1. The second-order valence-corrected chi connectivity index (χ2v) is 3.92. The van der Waals surface area contributed by atoms with Crippen molar-refractivity contribution in [2.24, 2.45) is 0 Å². The first-order chi connectivity index (χ1) is 4.84. The van der Waals surface area contributed by atoms with Gasteiger partial charge in [-0.05, 0) is 36.1 Å². The molecule has 1 N–H and O–H groups in total. The van der Waals surface area contributed by atoms with Crippen LogP contribution < -0.4 is 5.32 Å². The standard InChI is InChI=1S/C8H15NS/c1-3-10-8-4-5-9-6-7(8)2/h9H,3-6H2,1-2H3. The van der Waals surface area contributed by atoms with Crippen LogP contribution in [-0.2, 0) is 0 Å². The Morgan fingerprint density at radius 2 is 2.40 bits per heavy atom. The fraction of sp³-hybridized carbons (Fsp3) is 0.750. The van der Waals surface area contributed by atoms with Gasteiger partial charge in [-0.1, -0.05) is 6.92 Å². The van der Waals surface area contributed by atoms with Crippen molar-refractivity contribution in [2.45, 2.75) is 20.3 Å². The van der Waals surface area contributed by atoms with Gasteiger partial charge in [-0.25, -0.2) is 0 Å². The highest BCUT2D eigenvalue weighted by molar-refractivity contribution is 8.03. The van der Waals surface area contributed by atoms with E-state index in [4.69, 9.17) is 0 Å². The monoisotopic (exact) mass is 157 g/mol. The van der Waals surface area contributed by atoms with E-state index in [0.29, 0.717) is 0 Å². The van der Waals surface area contributed by atoms with Crippen molar-refractivity contribution in [3.05, 3.63) is 10.5 Å². The molecule has 0 saturated carbocycles. The lowest BCUT2D eigenvalue weighted by Gasteiger charge is -2.17. The molecule has 0 radical (unpaired) electrons. The summed E-state index contributed by atoms with van der Waals surface area (Å²) in [5, 5.41) is 3.35. The predicted octanol–water partition coefficient (Wildman–Crippen LogP) is 2.01. The Bertz CT molecular complexity index is 140. The number of hydrogen-bond acceptors (Lipinski definition) is 2. The summed E-state index contributed by atoms with van der Waals surface area (Å²) in [7, 11) is 0. The van der Waals surface area contributed by atoms with Gasteiger partial charge in [0, 0.05) is 6.54 Å². The largest absolute Gasteiger partial charge is 0.313 e. The minimum absolute atomic E-state index is 1.10. The van der Waals surface area contributed by atoms with Gasteiger partial charge in [-0.15, -0.1) is 11.8 Å². The Labute approximate surface area is 67.3 Å². The molecule has 1 aliphatic heterocycles. The average molecular weight is 157 g/mol. The Hall–Kier alpha value is 0.0500. The van der Waals surface area contributed by atoms with Crippen LogP contribution in [0.4, 0.5) is 0 Å². The van der Waals surface area contributed by atoms with Crippen molar-refractivity contribution in [1.82, 2.24) is 5.32 Å². The van der Waals surface area contributed by atoms with Crippen LogP contribution >= 0.6 is 11.8 Å². The van der Waals surface area contributed by atoms with Crippen molar-refractivity contribution in [3.8, 4) is 0 Å². The first-order valence-corrected chi connectivity index (χ1v) is 4.85. The smallest absolute Gasteiger partial charge is 0.0172 e. The average Bonchev–Trinajstić information content (AvgIpc) is 1.94. The molecule has 0 atom stereocenters. The number of rotatable bonds is 2. The van der Waals surface area contributed by atoms with Gasteiger partial charge < -0.3 is 5.32 Å². The van der Waals surface area contributed by atoms with Gasteiger partial charge in [-0.2, -0.15) is 0 Å². The summed E-state index contributed by atoms with van der Waals surface area (Å²) >= 11 is 2.00. The zero-order valence-corrected chi connectivity index (χ0v) is 7.55. The third kappa shape index (κ3) is 2.03. The summed E-state index contributed by atoms with van der Waals surface area (Å²) in [4.78, 5) is 1.61. The topological polar surface area (TPSA) is 12.0 Å². The van der Waals surface area contributed by atoms with Crippen LogP contribution in [0, 0.1) is 0 Å². The van der Waals surface area contributed by atoms with Gasteiger partial charge in [0.05, 0.1) is 0 Å². The molecular weight excluding hydrogens is 142 g/mol. The van der Waals surface area contributed by atoms with E-state index in [0.717, 1.165) is 6.54 Å². The minimum atomic E-state index is 1.10. The molecule has 0 aromatic rings. The summed E-state index contributed by atoms with van der Waals surface area (Å²) in [5.74, 6) is 1.21. The molecule has 0 aliphatic carbocycles. The lowest BCUT2D eigenvalue weighted by Crippen LogP contribution is -2.23. The zero-order valence-electron chi connectivity index (χ0n) is 6.74. The van der Waals surface area contributed by atoms with E-state index < -0.39 is 0 Å². The van der Waals surface area contributed by atoms with Crippen LogP contribution in [0.2, 0.25) is 0 Å². The second-order valence-electron chi connectivity index (χ2n) is 2.56. The summed E-state index contributed by atoms with van der Waals surface area (Å²) in [6.07, 6.45) is 1.24. The first-order valence-electron chi connectivity index (χ1n) is 3.86. The SMILES string of the molecule is CCSC1=C(C)CNCC1. The summed E-state index contributed by atoms with van der Waals surface area (Å²) in [6.45, 7) is 6.71. The molecule has 1 heterocycles. The Balaban J connectivity index is 2.50. The van der Waals surface area contributed by atoms with Crippen molar-refractivity contribution in [1.29, 1.82) is 0 Å². The number of hydrogen-bond donors (Lipinski definition) is 1. The quantitative estimate of drug-likeness (QED) is 0.658. The maximum Gasteiger partial charge on any atom is 0.0172 e. The normalized spacial score (nSPS) is 19.8. The third-order valence-electron chi connectivity index (χ3n) is 1.71. The van der Waals surface area contributed by atoms with Crippen LogP contribution in [-0.4, -0.2) is 18.8 Å². The van der Waals surface area contributed by atoms with Gasteiger partial charge in [-0.3, -0.25) is 0 Å². The van der Waals surface area contributed by atoms with E-state index in [2.05, 4.69) is 19.2 Å². The Kier molecular flexibility index (Phi) is 3.29. The van der Waals surface area contributed by atoms with Gasteiger partial charge in [0.25, 0.3) is 0 Å². The summed E-state index contributed by atoms with van der Waals surface area (Å²) in [6, 6.07) is 0. The van der Waals surface area contributed by atoms with Crippen molar-refractivity contribution >= 4 is 11.8 Å². The highest BCUT2D eigenvalue weighted by Crippen LogP contribution is 2.24. The fourth-order valence-electron chi connectivity index (χ4n) is 1.16. The molecule has 0 unspecified atom stereocenters. The van der Waals surface area contributed by atoms with Crippen molar-refractivity contribution < 1.29 is 0 Å². The summed E-state index contributed by atoms with van der Waals surface area (Å²) in [5.41, 5.74) is 1.54. The minimum Gasteiger partial charge on any atom is -0.313 e. The molecule has 1 aliphatic rings. The van der Waals surface area contributed by atoms with Crippen LogP contribution in [0.25, 0.3) is 0 Å². The molecule has 0 spiro atoms. The van der Waals surface area contributed by atoms with Crippen LogP contribution in [0.15, 0.2) is 10.5 Å². The second kappa shape index (κ2) is 4.04. The summed E-state index contributed by atoms with van der Waals surface area (Å²) < 4.78 is 0. The van der Waals surface area contributed by atoms with Gasteiger partial charge in [0.2, 0.25) is 0 Å². The number of thioether (sulfide) groups is 1. The van der Waals surface area contributed by atoms with Crippen LogP contribution in [0.5, 0.6) is 0 Å². The molecular formula is C8H15NS. The Morgan fingerprint density at radius 3 is 3.00 bits per heavy atom. The van der Waals surface area contributed by atoms with E-state index in [-0.39, 0.29) is 0 Å². The molecule has 0 aromatic heterocycles. The molecule has 0 amide bonds. The van der Waals surface area contributed by atoms with Crippen LogP contribution in [0.1, 0.15) is 20.3 Å². The molecule has 0 aromatic carbocycles. The van der Waals surface area contributed by atoms with Gasteiger partial charge in [0.15, 0.2) is 0 Å². The maximum absolute atomic E-state index is 3.35.